The number of benzene rings is 6. The summed E-state index contributed by atoms with van der Waals surface area (Å²) in [4.78, 5) is 4.74. The van der Waals surface area contributed by atoms with Crippen molar-refractivity contribution in [1.29, 1.82) is 0 Å². The van der Waals surface area contributed by atoms with Gasteiger partial charge in [0.05, 0.1) is 22.8 Å². The van der Waals surface area contributed by atoms with Crippen molar-refractivity contribution < 1.29 is 8.83 Å². The number of hydrogen-bond acceptors (Lipinski definition) is 4. The summed E-state index contributed by atoms with van der Waals surface area (Å²) in [6.45, 7) is 19.5. The van der Waals surface area contributed by atoms with Crippen LogP contribution in [0.25, 0.3) is 66.9 Å². The molecule has 66 heavy (non-hydrogen) atoms. The average Bonchev–Trinajstić information content (AvgIpc) is 3.64. The van der Waals surface area contributed by atoms with Crippen LogP contribution in [0, 0.1) is 13.8 Å². The Morgan fingerprint density at radius 3 is 2.27 bits per heavy atom. The number of furan rings is 2. The molecule has 0 amide bonds. The molecule has 0 saturated heterocycles. The third kappa shape index (κ3) is 7.09. The molecule has 326 valence electrons. The summed E-state index contributed by atoms with van der Waals surface area (Å²) in [7, 11) is 0. The molecule has 0 atom stereocenters. The van der Waals surface area contributed by atoms with Crippen LogP contribution in [0.4, 0.5) is 22.7 Å². The molecule has 8 aromatic rings. The number of anilines is 4. The third-order valence-corrected chi connectivity index (χ3v) is 13.2. The Morgan fingerprint density at radius 2 is 1.44 bits per heavy atom. The van der Waals surface area contributed by atoms with Gasteiger partial charge in [-0.1, -0.05) is 159 Å². The van der Waals surface area contributed by atoms with Crippen molar-refractivity contribution in [3.8, 4) is 0 Å². The van der Waals surface area contributed by atoms with Gasteiger partial charge in [0.1, 0.15) is 11.3 Å². The van der Waals surface area contributed by atoms with E-state index in [1.807, 2.05) is 13.8 Å². The molecule has 2 aromatic heterocycles. The number of allylic oxidation sites excluding steroid dienone is 11. The van der Waals surface area contributed by atoms with E-state index in [9.17, 15) is 0 Å². The van der Waals surface area contributed by atoms with Crippen LogP contribution in [0.5, 0.6) is 0 Å². The minimum Gasteiger partial charge on any atom is -0.454 e. The van der Waals surface area contributed by atoms with E-state index in [0.717, 1.165) is 104 Å². The van der Waals surface area contributed by atoms with E-state index < -0.39 is 0 Å². The largest absolute Gasteiger partial charge is 0.454 e. The average molecular weight is 861 g/mol. The van der Waals surface area contributed by atoms with Crippen LogP contribution in [-0.2, 0) is 12.8 Å². The molecule has 3 aliphatic carbocycles. The second-order valence-electron chi connectivity index (χ2n) is 17.4. The van der Waals surface area contributed by atoms with Crippen LogP contribution in [-0.4, -0.2) is 0 Å². The van der Waals surface area contributed by atoms with Crippen molar-refractivity contribution >= 4 is 89.7 Å². The number of aryl methyl sites for hydroxylation is 2. The Labute approximate surface area is 388 Å². The van der Waals surface area contributed by atoms with Crippen molar-refractivity contribution in [3.63, 3.8) is 0 Å². The predicted molar refractivity (Wildman–Crippen MR) is 284 cm³/mol. The summed E-state index contributed by atoms with van der Waals surface area (Å²) in [5, 5.41) is 7.07. The quantitative estimate of drug-likeness (QED) is 0.143. The maximum absolute atomic E-state index is 6.94. The SMILES string of the molecule is C=C(c1oc2c(C)cccc2c1/C=C\C)N(C1=CCC=C(C)C=C1)c1ccc2ccc3c(N(c4ccc(C)cc4)c4cccc5c6c(oc45)C(C)=CC=CC6)ccc4c3c2c1CC=C4.CC. The van der Waals surface area contributed by atoms with Crippen molar-refractivity contribution in [3.05, 3.63) is 214 Å². The first kappa shape index (κ1) is 42.4. The van der Waals surface area contributed by atoms with Crippen LogP contribution in [0.15, 0.2) is 178 Å². The standard InChI is InChI=1S/C60H50N2O2.C2H6/c1-7-14-46-48-21-11-17-40(5)57(48)63-59(46)41(6)61(44-19-10-15-37(2)25-31-44)52-35-30-43-28-34-51-53(36-29-42-18-12-23-50(52)56(43)55(42)51)62(45-32-26-38(3)27-33-45)54-24-13-22-49-47-20-9-8-16-39(4)58(47)64-60(49)54;1-2/h7-9,11-19,21-22,24-36H,6,10,20,23H2,1-5H3;1-2H3/b14-7-;. The lowest BCUT2D eigenvalue weighted by atomic mass is 9.92. The molecule has 3 aliphatic rings. The lowest BCUT2D eigenvalue weighted by Crippen LogP contribution is -2.21. The van der Waals surface area contributed by atoms with E-state index in [4.69, 9.17) is 15.4 Å². The first-order chi connectivity index (χ1) is 32.3. The summed E-state index contributed by atoms with van der Waals surface area (Å²) in [5.74, 6) is 1.73. The minimum atomic E-state index is 0.745. The van der Waals surface area contributed by atoms with Gasteiger partial charge in [-0.3, -0.25) is 0 Å². The van der Waals surface area contributed by atoms with E-state index in [1.165, 1.54) is 49.4 Å². The van der Waals surface area contributed by atoms with Crippen molar-refractivity contribution in [2.75, 3.05) is 9.80 Å². The van der Waals surface area contributed by atoms with E-state index >= 15 is 0 Å². The highest BCUT2D eigenvalue weighted by Gasteiger charge is 2.29. The summed E-state index contributed by atoms with van der Waals surface area (Å²) in [6.07, 6.45) is 26.8. The van der Waals surface area contributed by atoms with Crippen LogP contribution in [0.1, 0.15) is 85.9 Å². The molecule has 11 rings (SSSR count). The molecule has 4 nitrogen and oxygen atoms in total. The third-order valence-electron chi connectivity index (χ3n) is 13.2. The smallest absolute Gasteiger partial charge is 0.159 e. The molecule has 0 fully saturated rings. The van der Waals surface area contributed by atoms with Gasteiger partial charge in [-0.15, -0.1) is 0 Å². The molecule has 0 bridgehead atoms. The number of nitrogens with zero attached hydrogens (tertiary/aromatic N) is 2. The number of fused-ring (bicyclic) bond motifs is 4. The fourth-order valence-electron chi connectivity index (χ4n) is 10.1. The first-order valence-electron chi connectivity index (χ1n) is 23.4. The Hall–Kier alpha value is -7.56. The van der Waals surface area contributed by atoms with Gasteiger partial charge >= 0.3 is 0 Å². The van der Waals surface area contributed by atoms with Gasteiger partial charge in [0.25, 0.3) is 0 Å². The number of para-hydroxylation sites is 2. The van der Waals surface area contributed by atoms with Crippen molar-refractivity contribution in [2.24, 2.45) is 0 Å². The maximum atomic E-state index is 6.94. The van der Waals surface area contributed by atoms with Gasteiger partial charge in [0.2, 0.25) is 0 Å². The zero-order valence-electron chi connectivity index (χ0n) is 39.1. The monoisotopic (exact) mass is 860 g/mol. The molecule has 4 heteroatoms. The summed E-state index contributed by atoms with van der Waals surface area (Å²) in [5.41, 5.74) is 17.3. The first-order valence-corrected chi connectivity index (χ1v) is 23.4. The predicted octanol–water partition coefficient (Wildman–Crippen LogP) is 18.0. The topological polar surface area (TPSA) is 32.8 Å². The van der Waals surface area contributed by atoms with Gasteiger partial charge in [0.15, 0.2) is 11.3 Å². The molecule has 6 aromatic carbocycles. The van der Waals surface area contributed by atoms with Crippen LogP contribution < -0.4 is 9.80 Å². The minimum absolute atomic E-state index is 0.745. The molecular formula is C62H56N2O2. The Kier molecular flexibility index (Phi) is 11.2. The molecule has 2 heterocycles. The van der Waals surface area contributed by atoms with E-state index in [1.54, 1.807) is 0 Å². The Bertz CT molecular complexity index is 3480. The van der Waals surface area contributed by atoms with Crippen molar-refractivity contribution in [1.82, 2.24) is 0 Å². The molecule has 0 spiro atoms. The van der Waals surface area contributed by atoms with Crippen molar-refractivity contribution in [2.45, 2.75) is 67.7 Å². The highest BCUT2D eigenvalue weighted by atomic mass is 16.3. The zero-order chi connectivity index (χ0) is 45.6. The van der Waals surface area contributed by atoms with E-state index in [0.29, 0.717) is 0 Å². The second kappa shape index (κ2) is 17.4. The number of rotatable bonds is 8. The molecule has 0 unspecified atom stereocenters. The fourth-order valence-corrected chi connectivity index (χ4v) is 10.1. The van der Waals surface area contributed by atoms with E-state index in [2.05, 4.69) is 208 Å². The Morgan fingerprint density at radius 1 is 0.667 bits per heavy atom. The molecule has 0 radical (unpaired) electrons. The normalized spacial score (nSPS) is 14.2. The summed E-state index contributed by atoms with van der Waals surface area (Å²) in [6, 6.07) is 35.6. The van der Waals surface area contributed by atoms with Gasteiger partial charge in [-0.2, -0.15) is 0 Å². The van der Waals surface area contributed by atoms with E-state index in [-0.39, 0.29) is 0 Å². The van der Waals surface area contributed by atoms with Crippen LogP contribution >= 0.6 is 0 Å². The highest BCUT2D eigenvalue weighted by molar-refractivity contribution is 6.19. The number of hydrogen-bond donors (Lipinski definition) is 0. The Balaban J connectivity index is 0.00000252. The van der Waals surface area contributed by atoms with Gasteiger partial charge in [0, 0.05) is 38.7 Å². The molecular weight excluding hydrogens is 805 g/mol. The second-order valence-corrected chi connectivity index (χ2v) is 17.4. The molecule has 0 saturated carbocycles. The fraction of sp³-hybridized carbons (Fsp3) is 0.161. The molecule has 0 aliphatic heterocycles. The lowest BCUT2D eigenvalue weighted by molar-refractivity contribution is 0.594. The lowest BCUT2D eigenvalue weighted by Gasteiger charge is -2.31. The summed E-state index contributed by atoms with van der Waals surface area (Å²) >= 11 is 0. The maximum Gasteiger partial charge on any atom is 0.159 e. The van der Waals surface area contributed by atoms with Crippen LogP contribution in [0.3, 0.4) is 0 Å². The van der Waals surface area contributed by atoms with Gasteiger partial charge in [-0.25, -0.2) is 0 Å². The van der Waals surface area contributed by atoms with Gasteiger partial charge < -0.3 is 18.6 Å². The highest BCUT2D eigenvalue weighted by Crippen LogP contribution is 2.49. The zero-order valence-corrected chi connectivity index (χ0v) is 39.1. The molecule has 0 N–H and O–H groups in total. The van der Waals surface area contributed by atoms with Gasteiger partial charge in [-0.05, 0) is 129 Å². The summed E-state index contributed by atoms with van der Waals surface area (Å²) < 4.78 is 13.8. The van der Waals surface area contributed by atoms with Crippen LogP contribution in [0.2, 0.25) is 0 Å².